The molecule has 56 valence electrons. The van der Waals surface area contributed by atoms with E-state index in [1.54, 1.807) is 6.92 Å². The number of aliphatic imine (C=N–C) groups is 1. The van der Waals surface area contributed by atoms with E-state index in [2.05, 4.69) is 22.4 Å². The molecule has 0 amide bonds. The third kappa shape index (κ3) is 2.85. The molecule has 0 aromatic rings. The molecule has 0 spiro atoms. The Hall–Kier alpha value is -0.530. The molecule has 0 aliphatic rings. The fourth-order valence-electron chi connectivity index (χ4n) is 0.535. The number of Topliss-reactive ketones (excluding diaryl/α,β-unsaturated/α-hetero) is 1. The molecule has 3 heteroatoms. The van der Waals surface area contributed by atoms with Crippen LogP contribution in [0.1, 0.15) is 20.8 Å². The van der Waals surface area contributed by atoms with Gasteiger partial charge in [-0.05, 0) is 26.1 Å². The lowest BCUT2D eigenvalue weighted by Crippen LogP contribution is -2.18. The van der Waals surface area contributed by atoms with Gasteiger partial charge in [0.2, 0.25) is 0 Å². The average Bonchev–Trinajstić information content (AvgIpc) is 1.87. The molecular weight excluding hydrogens is 146 g/mol. The number of rotatable bonds is 3. The van der Waals surface area contributed by atoms with E-state index >= 15 is 0 Å². The zero-order valence-corrected chi connectivity index (χ0v) is 7.23. The van der Waals surface area contributed by atoms with Crippen molar-refractivity contribution in [3.05, 3.63) is 0 Å². The van der Waals surface area contributed by atoms with Gasteiger partial charge in [0, 0.05) is 5.92 Å². The topological polar surface area (TPSA) is 29.4 Å². The van der Waals surface area contributed by atoms with Crippen LogP contribution < -0.4 is 0 Å². The first-order valence-electron chi connectivity index (χ1n) is 3.17. The van der Waals surface area contributed by atoms with Crippen molar-refractivity contribution in [2.24, 2.45) is 10.9 Å². The first-order valence-corrected chi connectivity index (χ1v) is 3.58. The van der Waals surface area contributed by atoms with Crippen molar-refractivity contribution in [1.29, 1.82) is 0 Å². The van der Waals surface area contributed by atoms with Gasteiger partial charge in [0.25, 0.3) is 0 Å². The van der Waals surface area contributed by atoms with E-state index in [1.807, 2.05) is 13.8 Å². The van der Waals surface area contributed by atoms with Gasteiger partial charge in [0.15, 0.2) is 0 Å². The molecule has 0 rings (SSSR count). The molecule has 10 heavy (non-hydrogen) atoms. The largest absolute Gasteiger partial charge is 0.300 e. The second-order valence-electron chi connectivity index (χ2n) is 2.36. The van der Waals surface area contributed by atoms with Crippen LogP contribution in [0.5, 0.6) is 0 Å². The van der Waals surface area contributed by atoms with Crippen molar-refractivity contribution in [3.63, 3.8) is 0 Å². The van der Waals surface area contributed by atoms with Crippen molar-refractivity contribution in [2.45, 2.75) is 26.8 Å². The van der Waals surface area contributed by atoms with Crippen LogP contribution in [0.4, 0.5) is 0 Å². The normalized spacial score (nSPS) is 15.1. The van der Waals surface area contributed by atoms with Gasteiger partial charge in [-0.2, -0.15) is 0 Å². The minimum atomic E-state index is -0.0459. The van der Waals surface area contributed by atoms with Gasteiger partial charge in [-0.1, -0.05) is 6.92 Å². The summed E-state index contributed by atoms with van der Waals surface area (Å²) < 4.78 is 0. The summed E-state index contributed by atoms with van der Waals surface area (Å²) in [6.45, 7) is 5.24. The van der Waals surface area contributed by atoms with E-state index in [1.165, 1.54) is 0 Å². The minimum Gasteiger partial charge on any atom is -0.300 e. The first kappa shape index (κ1) is 9.47. The predicted molar refractivity (Wildman–Crippen MR) is 44.3 cm³/mol. The van der Waals surface area contributed by atoms with Gasteiger partial charge in [0.1, 0.15) is 5.78 Å². The Morgan fingerprint density at radius 3 is 2.40 bits per heavy atom. The number of thiocarbonyl (C=S) groups is 1. The Labute approximate surface area is 66.3 Å². The predicted octanol–water partition coefficient (Wildman–Crippen LogP) is 1.70. The Morgan fingerprint density at radius 2 is 2.10 bits per heavy atom. The molecule has 0 unspecified atom stereocenters. The van der Waals surface area contributed by atoms with Crippen LogP contribution >= 0.6 is 12.2 Å². The first-order chi connectivity index (χ1) is 4.59. The number of isothiocyanates is 1. The van der Waals surface area contributed by atoms with Gasteiger partial charge in [-0.25, -0.2) is 4.99 Å². The van der Waals surface area contributed by atoms with Gasteiger partial charge in [0.05, 0.1) is 11.2 Å². The van der Waals surface area contributed by atoms with Gasteiger partial charge in [-0.15, -0.1) is 0 Å². The van der Waals surface area contributed by atoms with Crippen molar-refractivity contribution in [1.82, 2.24) is 0 Å². The minimum absolute atomic E-state index is 0.0324. The molecule has 0 radical (unpaired) electrons. The highest BCUT2D eigenvalue weighted by atomic mass is 32.1. The Balaban J connectivity index is 4.06. The van der Waals surface area contributed by atoms with Crippen LogP contribution in [0.15, 0.2) is 4.99 Å². The summed E-state index contributed by atoms with van der Waals surface area (Å²) in [5.74, 6) is 0.0944. The maximum Gasteiger partial charge on any atom is 0.134 e. The zero-order valence-electron chi connectivity index (χ0n) is 6.42. The number of hydrogen-bond donors (Lipinski definition) is 0. The second-order valence-corrected chi connectivity index (χ2v) is 2.54. The van der Waals surface area contributed by atoms with E-state index in [0.717, 1.165) is 0 Å². The molecular formula is C7H11NOS. The molecule has 0 fully saturated rings. The molecule has 0 heterocycles. The second kappa shape index (κ2) is 4.31. The van der Waals surface area contributed by atoms with Crippen LogP contribution in [-0.4, -0.2) is 17.0 Å². The van der Waals surface area contributed by atoms with Crippen molar-refractivity contribution < 1.29 is 4.79 Å². The average molecular weight is 157 g/mol. The van der Waals surface area contributed by atoms with Gasteiger partial charge < -0.3 is 0 Å². The summed E-state index contributed by atoms with van der Waals surface area (Å²) in [6, 6.07) is -0.0324. The molecule has 2 nitrogen and oxygen atoms in total. The standard InChI is InChI=1S/C7H11NOS/c1-5(7(3)9)6(2)8-4-10/h5-6H,1-3H3/t5-,6+/m1/s1. The molecule has 0 aliphatic carbocycles. The van der Waals surface area contributed by atoms with Crippen LogP contribution in [0.2, 0.25) is 0 Å². The number of ketones is 1. The van der Waals surface area contributed by atoms with E-state index in [9.17, 15) is 4.79 Å². The highest BCUT2D eigenvalue weighted by molar-refractivity contribution is 7.78. The zero-order chi connectivity index (χ0) is 8.15. The van der Waals surface area contributed by atoms with Crippen LogP contribution in [-0.2, 0) is 4.79 Å². The lowest BCUT2D eigenvalue weighted by atomic mass is 10.0. The molecule has 0 saturated carbocycles. The maximum absolute atomic E-state index is 10.7. The molecule has 0 N–H and O–H groups in total. The van der Waals surface area contributed by atoms with E-state index in [0.29, 0.717) is 0 Å². The summed E-state index contributed by atoms with van der Waals surface area (Å²) in [5.41, 5.74) is 0. The van der Waals surface area contributed by atoms with Crippen molar-refractivity contribution >= 4 is 23.2 Å². The van der Waals surface area contributed by atoms with E-state index < -0.39 is 0 Å². The maximum atomic E-state index is 10.7. The van der Waals surface area contributed by atoms with E-state index in [4.69, 9.17) is 0 Å². The van der Waals surface area contributed by atoms with Gasteiger partial charge >= 0.3 is 0 Å². The molecule has 0 bridgehead atoms. The molecule has 0 saturated heterocycles. The van der Waals surface area contributed by atoms with Gasteiger partial charge in [-0.3, -0.25) is 4.79 Å². The number of carbonyl (C=O) groups excluding carboxylic acids is 1. The lowest BCUT2D eigenvalue weighted by Gasteiger charge is -2.09. The molecule has 0 aromatic heterocycles. The summed E-state index contributed by atoms with van der Waals surface area (Å²) in [4.78, 5) is 14.5. The van der Waals surface area contributed by atoms with Crippen LogP contribution in [0, 0.1) is 5.92 Å². The number of carbonyl (C=O) groups is 1. The molecule has 2 atom stereocenters. The quantitative estimate of drug-likeness (QED) is 0.461. The van der Waals surface area contributed by atoms with Crippen molar-refractivity contribution in [3.8, 4) is 0 Å². The fraction of sp³-hybridized carbons (Fsp3) is 0.714. The molecule has 0 aromatic carbocycles. The smallest absolute Gasteiger partial charge is 0.134 e. The van der Waals surface area contributed by atoms with E-state index in [-0.39, 0.29) is 17.7 Å². The highest BCUT2D eigenvalue weighted by Crippen LogP contribution is 2.06. The fourth-order valence-corrected chi connectivity index (χ4v) is 0.701. The third-order valence-corrected chi connectivity index (χ3v) is 1.73. The molecule has 0 aliphatic heterocycles. The van der Waals surface area contributed by atoms with Crippen molar-refractivity contribution in [2.75, 3.05) is 0 Å². The number of nitrogens with zero attached hydrogens (tertiary/aromatic N) is 1. The summed E-state index contributed by atoms with van der Waals surface area (Å²) >= 11 is 4.41. The summed E-state index contributed by atoms with van der Waals surface area (Å²) in [5, 5.41) is 2.26. The lowest BCUT2D eigenvalue weighted by molar-refractivity contribution is -0.120. The summed E-state index contributed by atoms with van der Waals surface area (Å²) in [7, 11) is 0. The monoisotopic (exact) mass is 157 g/mol. The third-order valence-electron chi connectivity index (χ3n) is 1.62. The Morgan fingerprint density at radius 1 is 1.60 bits per heavy atom. The SMILES string of the molecule is CC(=O)[C@H](C)[C@H](C)N=C=S. The Kier molecular flexibility index (Phi) is 4.08. The highest BCUT2D eigenvalue weighted by Gasteiger charge is 2.14. The summed E-state index contributed by atoms with van der Waals surface area (Å²) in [6.07, 6.45) is 0. The number of hydrogen-bond acceptors (Lipinski definition) is 3. The van der Waals surface area contributed by atoms with Crippen LogP contribution in [0.25, 0.3) is 0 Å². The Bertz CT molecular complexity index is 166. The van der Waals surface area contributed by atoms with Crippen LogP contribution in [0.3, 0.4) is 0 Å².